The topological polar surface area (TPSA) is 74.8 Å². The molecule has 5 nitrogen and oxygen atoms in total. The van der Waals surface area contributed by atoms with E-state index in [0.29, 0.717) is 18.8 Å². The molecule has 0 saturated heterocycles. The van der Waals surface area contributed by atoms with Crippen molar-refractivity contribution < 1.29 is 8.42 Å². The molecule has 0 aliphatic heterocycles. The van der Waals surface area contributed by atoms with Gasteiger partial charge in [-0.3, -0.25) is 0 Å². The second-order valence-electron chi connectivity index (χ2n) is 3.76. The van der Waals surface area contributed by atoms with Crippen LogP contribution < -0.4 is 4.72 Å². The molecule has 1 rings (SSSR count). The van der Waals surface area contributed by atoms with Gasteiger partial charge in [-0.15, -0.1) is 11.6 Å². The summed E-state index contributed by atoms with van der Waals surface area (Å²) >= 11 is 5.57. The zero-order valence-corrected chi connectivity index (χ0v) is 10.7. The Morgan fingerprint density at radius 3 is 2.94 bits per heavy atom. The molecule has 0 fully saturated rings. The van der Waals surface area contributed by atoms with E-state index in [1.54, 1.807) is 19.4 Å². The van der Waals surface area contributed by atoms with Crippen molar-refractivity contribution in [2.75, 3.05) is 18.2 Å². The van der Waals surface area contributed by atoms with Crippen LogP contribution in [0.4, 0.5) is 0 Å². The minimum atomic E-state index is -3.21. The van der Waals surface area contributed by atoms with E-state index < -0.39 is 10.0 Å². The van der Waals surface area contributed by atoms with E-state index in [-0.39, 0.29) is 11.7 Å². The standard InChI is InChI=1S/C9H16ClN3O2S/c1-8(4-10)6-16(14,15)13-3-2-9-5-11-7-12-9/h5,7-8,13H,2-4,6H2,1H3,(H,11,12). The van der Waals surface area contributed by atoms with Crippen molar-refractivity contribution in [1.82, 2.24) is 14.7 Å². The van der Waals surface area contributed by atoms with Crippen LogP contribution in [0.25, 0.3) is 0 Å². The summed E-state index contributed by atoms with van der Waals surface area (Å²) in [5, 5.41) is 0. The number of nitrogens with zero attached hydrogens (tertiary/aromatic N) is 1. The van der Waals surface area contributed by atoms with Gasteiger partial charge in [0.05, 0.1) is 12.1 Å². The van der Waals surface area contributed by atoms with Gasteiger partial charge in [-0.25, -0.2) is 18.1 Å². The van der Waals surface area contributed by atoms with Gasteiger partial charge >= 0.3 is 0 Å². The molecule has 1 aromatic rings. The number of alkyl halides is 1. The van der Waals surface area contributed by atoms with Gasteiger partial charge in [0.25, 0.3) is 0 Å². The Bertz CT molecular complexity index is 391. The summed E-state index contributed by atoms with van der Waals surface area (Å²) in [7, 11) is -3.21. The highest BCUT2D eigenvalue weighted by molar-refractivity contribution is 7.89. The molecule has 16 heavy (non-hydrogen) atoms. The first kappa shape index (κ1) is 13.5. The zero-order valence-electron chi connectivity index (χ0n) is 9.11. The lowest BCUT2D eigenvalue weighted by Gasteiger charge is -2.09. The van der Waals surface area contributed by atoms with Crippen molar-refractivity contribution in [2.45, 2.75) is 13.3 Å². The van der Waals surface area contributed by atoms with Crippen molar-refractivity contribution in [2.24, 2.45) is 5.92 Å². The van der Waals surface area contributed by atoms with Gasteiger partial charge in [0.2, 0.25) is 10.0 Å². The van der Waals surface area contributed by atoms with Crippen LogP contribution in [0.5, 0.6) is 0 Å². The van der Waals surface area contributed by atoms with Crippen LogP contribution in [0.3, 0.4) is 0 Å². The van der Waals surface area contributed by atoms with Crippen LogP contribution in [0.1, 0.15) is 12.6 Å². The molecule has 0 aromatic carbocycles. The Balaban J connectivity index is 2.31. The third-order valence-electron chi connectivity index (χ3n) is 2.04. The third kappa shape index (κ3) is 4.96. The summed E-state index contributed by atoms with van der Waals surface area (Å²) in [5.41, 5.74) is 0.910. The number of hydrogen-bond acceptors (Lipinski definition) is 3. The first-order chi connectivity index (χ1) is 7.53. The minimum absolute atomic E-state index is 0.0358. The summed E-state index contributed by atoms with van der Waals surface area (Å²) in [4.78, 5) is 6.76. The lowest BCUT2D eigenvalue weighted by Crippen LogP contribution is -2.31. The van der Waals surface area contributed by atoms with Gasteiger partial charge in [0.1, 0.15) is 0 Å². The summed E-state index contributed by atoms with van der Waals surface area (Å²) in [6, 6.07) is 0. The maximum Gasteiger partial charge on any atom is 0.211 e. The lowest BCUT2D eigenvalue weighted by molar-refractivity contribution is 0.568. The molecule has 0 amide bonds. The fourth-order valence-corrected chi connectivity index (χ4v) is 2.88. The molecule has 0 bridgehead atoms. The molecule has 1 atom stereocenters. The van der Waals surface area contributed by atoms with Gasteiger partial charge in [-0.05, 0) is 5.92 Å². The first-order valence-corrected chi connectivity index (χ1v) is 7.22. The predicted molar refractivity (Wildman–Crippen MR) is 64.0 cm³/mol. The molecule has 0 spiro atoms. The van der Waals surface area contributed by atoms with Crippen LogP contribution in [0.15, 0.2) is 12.5 Å². The lowest BCUT2D eigenvalue weighted by atomic mass is 10.3. The molecule has 1 heterocycles. The molecular weight excluding hydrogens is 250 g/mol. The highest BCUT2D eigenvalue weighted by Crippen LogP contribution is 2.02. The minimum Gasteiger partial charge on any atom is -0.348 e. The summed E-state index contributed by atoms with van der Waals surface area (Å²) in [6.07, 6.45) is 3.85. The Kier molecular flexibility index (Phi) is 5.24. The quantitative estimate of drug-likeness (QED) is 0.715. The maximum atomic E-state index is 11.5. The number of H-pyrrole nitrogens is 1. The van der Waals surface area contributed by atoms with Crippen LogP contribution in [-0.4, -0.2) is 36.6 Å². The highest BCUT2D eigenvalue weighted by atomic mass is 35.5. The number of aromatic amines is 1. The smallest absolute Gasteiger partial charge is 0.211 e. The summed E-state index contributed by atoms with van der Waals surface area (Å²) in [6.45, 7) is 2.18. The third-order valence-corrected chi connectivity index (χ3v) is 4.22. The number of aromatic nitrogens is 2. The molecule has 2 N–H and O–H groups in total. The fourth-order valence-electron chi connectivity index (χ4n) is 1.24. The van der Waals surface area contributed by atoms with E-state index in [1.807, 2.05) is 0 Å². The molecule has 0 saturated carbocycles. The zero-order chi connectivity index (χ0) is 12.0. The molecule has 1 unspecified atom stereocenters. The molecule has 0 radical (unpaired) electrons. The van der Waals surface area contributed by atoms with E-state index in [4.69, 9.17) is 11.6 Å². The van der Waals surface area contributed by atoms with Gasteiger partial charge < -0.3 is 4.98 Å². The number of halogens is 1. The predicted octanol–water partition coefficient (Wildman–Crippen LogP) is 0.746. The monoisotopic (exact) mass is 265 g/mol. The molecule has 92 valence electrons. The van der Waals surface area contributed by atoms with Crippen molar-refractivity contribution in [3.63, 3.8) is 0 Å². The molecule has 0 aliphatic rings. The van der Waals surface area contributed by atoms with Gasteiger partial charge in [-0.1, -0.05) is 6.92 Å². The van der Waals surface area contributed by atoms with E-state index in [1.165, 1.54) is 0 Å². The normalized spacial score (nSPS) is 13.9. The van der Waals surface area contributed by atoms with E-state index in [2.05, 4.69) is 14.7 Å². The molecule has 1 aromatic heterocycles. The van der Waals surface area contributed by atoms with E-state index >= 15 is 0 Å². The number of sulfonamides is 1. The fraction of sp³-hybridized carbons (Fsp3) is 0.667. The van der Waals surface area contributed by atoms with Crippen molar-refractivity contribution in [3.05, 3.63) is 18.2 Å². The Labute approximate surface area is 101 Å². The average Bonchev–Trinajstić information content (AvgIpc) is 2.69. The largest absolute Gasteiger partial charge is 0.348 e. The second kappa shape index (κ2) is 6.22. The van der Waals surface area contributed by atoms with Crippen LogP contribution in [-0.2, 0) is 16.4 Å². The summed E-state index contributed by atoms with van der Waals surface area (Å²) < 4.78 is 25.6. The van der Waals surface area contributed by atoms with Crippen molar-refractivity contribution in [3.8, 4) is 0 Å². The molecule has 7 heteroatoms. The van der Waals surface area contributed by atoms with Crippen LogP contribution >= 0.6 is 11.6 Å². The highest BCUT2D eigenvalue weighted by Gasteiger charge is 2.14. The number of hydrogen-bond donors (Lipinski definition) is 2. The second-order valence-corrected chi connectivity index (χ2v) is 5.92. The number of imidazole rings is 1. The van der Waals surface area contributed by atoms with E-state index in [0.717, 1.165) is 5.69 Å². The Hall–Kier alpha value is -0.590. The maximum absolute atomic E-state index is 11.5. The van der Waals surface area contributed by atoms with Crippen molar-refractivity contribution >= 4 is 21.6 Å². The first-order valence-electron chi connectivity index (χ1n) is 5.04. The van der Waals surface area contributed by atoms with Gasteiger partial charge in [0.15, 0.2) is 0 Å². The number of nitrogens with one attached hydrogen (secondary N) is 2. The Morgan fingerprint density at radius 2 is 2.38 bits per heavy atom. The van der Waals surface area contributed by atoms with Crippen LogP contribution in [0.2, 0.25) is 0 Å². The van der Waals surface area contributed by atoms with Gasteiger partial charge in [-0.2, -0.15) is 0 Å². The average molecular weight is 266 g/mol. The molecular formula is C9H16ClN3O2S. The van der Waals surface area contributed by atoms with E-state index in [9.17, 15) is 8.42 Å². The SMILES string of the molecule is CC(CCl)CS(=O)(=O)NCCc1cnc[nH]1. The molecule has 0 aliphatic carbocycles. The van der Waals surface area contributed by atoms with Gasteiger partial charge in [0, 0.05) is 30.7 Å². The van der Waals surface area contributed by atoms with Crippen molar-refractivity contribution in [1.29, 1.82) is 0 Å². The van der Waals surface area contributed by atoms with Crippen LogP contribution in [0, 0.1) is 5.92 Å². The Morgan fingerprint density at radius 1 is 1.62 bits per heavy atom. The number of rotatable bonds is 7. The summed E-state index contributed by atoms with van der Waals surface area (Å²) in [5.74, 6) is 0.382.